The normalized spacial score (nSPS) is 11.3. The summed E-state index contributed by atoms with van der Waals surface area (Å²) in [4.78, 5) is 31.1. The number of halogens is 2. The Bertz CT molecular complexity index is 1350. The van der Waals surface area contributed by atoms with Gasteiger partial charge in [-0.15, -0.1) is 0 Å². The zero-order valence-electron chi connectivity index (χ0n) is 19.4. The SMILES string of the molecule is COc1cc(Cl)c(-c2cc(-c3cnc(NC(=O)NC(C)(C)C)s3)nc(-c3ccccn3)n2)c(Cl)c1. The minimum Gasteiger partial charge on any atom is -0.497 e. The highest BCUT2D eigenvalue weighted by Gasteiger charge is 2.19. The summed E-state index contributed by atoms with van der Waals surface area (Å²) in [6.45, 7) is 5.70. The molecule has 0 bridgehead atoms. The topological polar surface area (TPSA) is 102 Å². The second-order valence-corrected chi connectivity index (χ2v) is 10.3. The maximum Gasteiger partial charge on any atom is 0.321 e. The summed E-state index contributed by atoms with van der Waals surface area (Å²) >= 11 is 14.4. The van der Waals surface area contributed by atoms with E-state index in [9.17, 15) is 4.79 Å². The van der Waals surface area contributed by atoms with Gasteiger partial charge in [0.2, 0.25) is 0 Å². The number of hydrogen-bond donors (Lipinski definition) is 2. The molecule has 3 aromatic heterocycles. The molecular weight excluding hydrogens is 507 g/mol. The maximum atomic E-state index is 12.3. The van der Waals surface area contributed by atoms with Gasteiger partial charge in [0.15, 0.2) is 11.0 Å². The number of benzene rings is 1. The number of hydrogen-bond acceptors (Lipinski definition) is 7. The van der Waals surface area contributed by atoms with Gasteiger partial charge in [-0.25, -0.2) is 19.7 Å². The highest BCUT2D eigenvalue weighted by molar-refractivity contribution is 7.19. The number of ether oxygens (including phenoxy) is 1. The zero-order valence-corrected chi connectivity index (χ0v) is 21.7. The minimum atomic E-state index is -0.375. The molecule has 180 valence electrons. The first kappa shape index (κ1) is 24.8. The molecule has 2 amide bonds. The van der Waals surface area contributed by atoms with Crippen molar-refractivity contribution < 1.29 is 9.53 Å². The molecule has 0 aliphatic rings. The van der Waals surface area contributed by atoms with Gasteiger partial charge in [0.1, 0.15) is 11.4 Å². The first-order valence-electron chi connectivity index (χ1n) is 10.5. The van der Waals surface area contributed by atoms with Crippen LogP contribution in [0.15, 0.2) is 48.8 Å². The van der Waals surface area contributed by atoms with E-state index < -0.39 is 0 Å². The lowest BCUT2D eigenvalue weighted by molar-refractivity contribution is 0.244. The number of carbonyl (C=O) groups is 1. The minimum absolute atomic E-state index is 0.340. The van der Waals surface area contributed by atoms with Crippen LogP contribution in [0.3, 0.4) is 0 Å². The summed E-state index contributed by atoms with van der Waals surface area (Å²) in [5, 5.41) is 6.80. The van der Waals surface area contributed by atoms with Gasteiger partial charge in [0.25, 0.3) is 0 Å². The molecule has 3 heterocycles. The Morgan fingerprint density at radius 2 is 1.71 bits per heavy atom. The number of aromatic nitrogens is 4. The van der Waals surface area contributed by atoms with E-state index in [-0.39, 0.29) is 11.6 Å². The van der Waals surface area contributed by atoms with Crippen LogP contribution in [0.1, 0.15) is 20.8 Å². The molecule has 0 atom stereocenters. The molecule has 0 radical (unpaired) electrons. The fourth-order valence-corrected chi connectivity index (χ4v) is 4.58. The fraction of sp³-hybridized carbons (Fsp3) is 0.208. The molecule has 0 unspecified atom stereocenters. The first-order chi connectivity index (χ1) is 16.6. The van der Waals surface area contributed by atoms with E-state index in [2.05, 4.69) is 20.6 Å². The molecule has 0 aliphatic carbocycles. The number of rotatable bonds is 5. The van der Waals surface area contributed by atoms with Crippen LogP contribution in [0, 0.1) is 0 Å². The van der Waals surface area contributed by atoms with Gasteiger partial charge in [-0.2, -0.15) is 0 Å². The number of nitrogens with zero attached hydrogens (tertiary/aromatic N) is 4. The van der Waals surface area contributed by atoms with Crippen LogP contribution < -0.4 is 15.4 Å². The Balaban J connectivity index is 1.78. The third-order valence-corrected chi connectivity index (χ3v) is 6.13. The highest BCUT2D eigenvalue weighted by Crippen LogP contribution is 2.39. The van der Waals surface area contributed by atoms with Gasteiger partial charge < -0.3 is 10.1 Å². The van der Waals surface area contributed by atoms with Gasteiger partial charge in [-0.3, -0.25) is 10.3 Å². The number of thiazole rings is 1. The number of carbonyl (C=O) groups excluding carboxylic acids is 1. The van der Waals surface area contributed by atoms with Crippen LogP contribution in [-0.4, -0.2) is 38.6 Å². The zero-order chi connectivity index (χ0) is 25.2. The van der Waals surface area contributed by atoms with Crippen molar-refractivity contribution in [3.63, 3.8) is 0 Å². The van der Waals surface area contributed by atoms with Crippen molar-refractivity contribution >= 4 is 45.7 Å². The van der Waals surface area contributed by atoms with Crippen molar-refractivity contribution in [2.75, 3.05) is 12.4 Å². The monoisotopic (exact) mass is 528 g/mol. The molecule has 4 aromatic rings. The van der Waals surface area contributed by atoms with E-state index >= 15 is 0 Å². The lowest BCUT2D eigenvalue weighted by Crippen LogP contribution is -2.43. The number of anilines is 1. The van der Waals surface area contributed by atoms with Crippen LogP contribution in [0.5, 0.6) is 5.75 Å². The molecule has 35 heavy (non-hydrogen) atoms. The predicted octanol–water partition coefficient (Wildman–Crippen LogP) is 6.56. The van der Waals surface area contributed by atoms with Crippen LogP contribution in [-0.2, 0) is 0 Å². The third kappa shape index (κ3) is 6.05. The van der Waals surface area contributed by atoms with Gasteiger partial charge in [-0.1, -0.05) is 40.6 Å². The summed E-state index contributed by atoms with van der Waals surface area (Å²) in [6, 6.07) is 10.3. The maximum absolute atomic E-state index is 12.3. The third-order valence-electron chi connectivity index (χ3n) is 4.59. The molecule has 1 aromatic carbocycles. The summed E-state index contributed by atoms with van der Waals surface area (Å²) in [5.41, 5.74) is 1.86. The Morgan fingerprint density at radius 3 is 2.34 bits per heavy atom. The molecule has 0 fully saturated rings. The van der Waals surface area contributed by atoms with Crippen molar-refractivity contribution in [1.29, 1.82) is 0 Å². The van der Waals surface area contributed by atoms with Crippen LogP contribution in [0.25, 0.3) is 33.3 Å². The lowest BCUT2D eigenvalue weighted by Gasteiger charge is -2.20. The van der Waals surface area contributed by atoms with Gasteiger partial charge in [-0.05, 0) is 51.1 Å². The average Bonchev–Trinajstić information content (AvgIpc) is 3.26. The van der Waals surface area contributed by atoms with E-state index in [0.717, 1.165) is 4.88 Å². The predicted molar refractivity (Wildman–Crippen MR) is 140 cm³/mol. The molecule has 0 saturated carbocycles. The number of urea groups is 1. The summed E-state index contributed by atoms with van der Waals surface area (Å²) in [5.74, 6) is 0.934. The van der Waals surface area contributed by atoms with Gasteiger partial charge in [0.05, 0.1) is 33.4 Å². The highest BCUT2D eigenvalue weighted by atomic mass is 35.5. The van der Waals surface area contributed by atoms with Crippen molar-refractivity contribution in [3.05, 3.63) is 58.8 Å². The molecular formula is C24H22Cl2N6O2S. The second-order valence-electron chi connectivity index (χ2n) is 8.50. The lowest BCUT2D eigenvalue weighted by atomic mass is 10.1. The van der Waals surface area contributed by atoms with Crippen molar-refractivity contribution in [1.82, 2.24) is 25.3 Å². The summed E-state index contributed by atoms with van der Waals surface area (Å²) in [7, 11) is 1.54. The molecule has 0 saturated heterocycles. The molecule has 11 heteroatoms. The van der Waals surface area contributed by atoms with Crippen LogP contribution in [0.2, 0.25) is 10.0 Å². The Hall–Kier alpha value is -3.27. The smallest absolute Gasteiger partial charge is 0.321 e. The molecule has 2 N–H and O–H groups in total. The molecule has 4 rings (SSSR count). The first-order valence-corrected chi connectivity index (χ1v) is 12.1. The van der Waals surface area contributed by atoms with E-state index in [1.54, 1.807) is 37.7 Å². The average molecular weight is 529 g/mol. The molecule has 8 nitrogen and oxygen atoms in total. The van der Waals surface area contributed by atoms with Crippen LogP contribution >= 0.6 is 34.5 Å². The number of nitrogens with one attached hydrogen (secondary N) is 2. The van der Waals surface area contributed by atoms with Crippen molar-refractivity contribution in [2.45, 2.75) is 26.3 Å². The molecule has 0 spiro atoms. The van der Waals surface area contributed by atoms with E-state index in [1.807, 2.05) is 39.0 Å². The van der Waals surface area contributed by atoms with Crippen LogP contribution in [0.4, 0.5) is 9.93 Å². The van der Waals surface area contributed by atoms with Gasteiger partial charge >= 0.3 is 6.03 Å². The summed E-state index contributed by atoms with van der Waals surface area (Å²) in [6.07, 6.45) is 3.31. The summed E-state index contributed by atoms with van der Waals surface area (Å²) < 4.78 is 5.26. The fourth-order valence-electron chi connectivity index (χ4n) is 3.14. The standard InChI is InChI=1S/C24H22Cl2N6O2S/c1-24(2,3)32-22(33)31-23-28-12-19(35-23)17-11-18(20-14(25)9-13(34-4)10-15(20)26)30-21(29-17)16-7-5-6-8-27-16/h5-12H,1-4H3,(H2,28,31,32,33). The largest absolute Gasteiger partial charge is 0.497 e. The Labute approximate surface area is 216 Å². The second kappa shape index (κ2) is 10.2. The number of pyridine rings is 1. The molecule has 0 aliphatic heterocycles. The Kier molecular flexibility index (Phi) is 7.20. The van der Waals surface area contributed by atoms with Crippen molar-refractivity contribution in [2.24, 2.45) is 0 Å². The number of amides is 2. The Morgan fingerprint density at radius 1 is 1.00 bits per heavy atom. The van der Waals surface area contributed by atoms with E-state index in [1.165, 1.54) is 11.3 Å². The van der Waals surface area contributed by atoms with Crippen molar-refractivity contribution in [3.8, 4) is 39.1 Å². The van der Waals surface area contributed by atoms with E-state index in [4.69, 9.17) is 37.9 Å². The van der Waals surface area contributed by atoms with E-state index in [0.29, 0.717) is 49.4 Å². The quantitative estimate of drug-likeness (QED) is 0.304. The number of methoxy groups -OCH3 is 1. The van der Waals surface area contributed by atoms with Gasteiger partial charge in [0, 0.05) is 23.5 Å².